The first kappa shape index (κ1) is 14.2. The van der Waals surface area contributed by atoms with Crippen LogP contribution in [-0.4, -0.2) is 12.5 Å². The molecule has 1 amide bonds. The van der Waals surface area contributed by atoms with Gasteiger partial charge in [-0.25, -0.2) is 0 Å². The summed E-state index contributed by atoms with van der Waals surface area (Å²) >= 11 is 0. The molecule has 3 aromatic rings. The minimum Gasteiger partial charge on any atom is -0.465 e. The molecular formula is C18H17NO3. The minimum atomic E-state index is -0.124. The largest absolute Gasteiger partial charge is 0.465 e. The number of furan rings is 2. The minimum absolute atomic E-state index is 0.124. The van der Waals surface area contributed by atoms with Crippen LogP contribution in [0.1, 0.15) is 17.9 Å². The van der Waals surface area contributed by atoms with Crippen LogP contribution >= 0.6 is 0 Å². The van der Waals surface area contributed by atoms with E-state index in [-0.39, 0.29) is 5.91 Å². The van der Waals surface area contributed by atoms with Gasteiger partial charge in [0.2, 0.25) is 5.91 Å². The van der Waals surface area contributed by atoms with Crippen molar-refractivity contribution in [2.24, 2.45) is 0 Å². The van der Waals surface area contributed by atoms with E-state index < -0.39 is 0 Å². The van der Waals surface area contributed by atoms with Gasteiger partial charge in [0.15, 0.2) is 0 Å². The molecule has 2 heterocycles. The molecule has 0 unspecified atom stereocenters. The number of carbonyl (C=O) groups excluding carboxylic acids is 1. The number of fused-ring (bicyclic) bond motifs is 1. The van der Waals surface area contributed by atoms with Gasteiger partial charge in [-0.15, -0.1) is 0 Å². The van der Waals surface area contributed by atoms with Crippen molar-refractivity contribution in [1.29, 1.82) is 0 Å². The number of hydrogen-bond donors (Lipinski definition) is 1. The molecule has 0 aliphatic carbocycles. The summed E-state index contributed by atoms with van der Waals surface area (Å²) in [5, 5.41) is 3.95. The molecule has 0 atom stereocenters. The zero-order valence-corrected chi connectivity index (χ0v) is 12.1. The van der Waals surface area contributed by atoms with Crippen molar-refractivity contribution in [3.8, 4) is 0 Å². The first-order valence-electron chi connectivity index (χ1n) is 7.28. The van der Waals surface area contributed by atoms with E-state index in [2.05, 4.69) is 5.32 Å². The van der Waals surface area contributed by atoms with Gasteiger partial charge in [-0.3, -0.25) is 4.79 Å². The number of rotatable bonds is 6. The van der Waals surface area contributed by atoms with E-state index in [1.165, 1.54) is 6.08 Å². The van der Waals surface area contributed by atoms with E-state index >= 15 is 0 Å². The van der Waals surface area contributed by atoms with Crippen molar-refractivity contribution in [2.75, 3.05) is 6.54 Å². The van der Waals surface area contributed by atoms with Crippen LogP contribution in [0.4, 0.5) is 0 Å². The Bertz CT molecular complexity index is 736. The molecule has 0 saturated carbocycles. The Kier molecular flexibility index (Phi) is 4.39. The van der Waals surface area contributed by atoms with Crippen LogP contribution in [-0.2, 0) is 11.2 Å². The quantitative estimate of drug-likeness (QED) is 0.556. The third-order valence-corrected chi connectivity index (χ3v) is 3.32. The molecule has 4 heteroatoms. The Morgan fingerprint density at radius 2 is 2.09 bits per heavy atom. The first-order valence-corrected chi connectivity index (χ1v) is 7.28. The summed E-state index contributed by atoms with van der Waals surface area (Å²) in [6, 6.07) is 13.6. The summed E-state index contributed by atoms with van der Waals surface area (Å²) in [5.74, 6) is 1.49. The topological polar surface area (TPSA) is 55.4 Å². The Hall–Kier alpha value is -2.75. The maximum Gasteiger partial charge on any atom is 0.244 e. The highest BCUT2D eigenvalue weighted by Gasteiger charge is 2.03. The van der Waals surface area contributed by atoms with Crippen molar-refractivity contribution < 1.29 is 13.6 Å². The Balaban J connectivity index is 1.42. The lowest BCUT2D eigenvalue weighted by atomic mass is 10.2. The number of nitrogens with one attached hydrogen (secondary N) is 1. The van der Waals surface area contributed by atoms with Crippen molar-refractivity contribution in [3.05, 3.63) is 66.3 Å². The summed E-state index contributed by atoms with van der Waals surface area (Å²) in [5.41, 5.74) is 0.905. The third kappa shape index (κ3) is 3.67. The number of benzene rings is 1. The molecule has 1 N–H and O–H groups in total. The molecule has 0 fully saturated rings. The van der Waals surface area contributed by atoms with Crippen LogP contribution < -0.4 is 5.32 Å². The van der Waals surface area contributed by atoms with Crippen molar-refractivity contribution in [2.45, 2.75) is 12.8 Å². The van der Waals surface area contributed by atoms with Gasteiger partial charge in [-0.05, 0) is 36.8 Å². The highest BCUT2D eigenvalue weighted by atomic mass is 16.3. The fourth-order valence-corrected chi connectivity index (χ4v) is 2.24. The van der Waals surface area contributed by atoms with Gasteiger partial charge in [0, 0.05) is 24.4 Å². The monoisotopic (exact) mass is 295 g/mol. The second kappa shape index (κ2) is 6.80. The predicted molar refractivity (Wildman–Crippen MR) is 85.3 cm³/mol. The molecule has 0 spiro atoms. The molecule has 4 nitrogen and oxygen atoms in total. The van der Waals surface area contributed by atoms with E-state index in [1.54, 1.807) is 24.5 Å². The van der Waals surface area contributed by atoms with Crippen LogP contribution in [0.5, 0.6) is 0 Å². The molecule has 0 saturated heterocycles. The maximum atomic E-state index is 11.6. The molecule has 1 aromatic carbocycles. The summed E-state index contributed by atoms with van der Waals surface area (Å²) in [7, 11) is 0. The third-order valence-electron chi connectivity index (χ3n) is 3.32. The number of amides is 1. The summed E-state index contributed by atoms with van der Waals surface area (Å²) in [6.07, 6.45) is 6.33. The zero-order chi connectivity index (χ0) is 15.2. The average Bonchev–Trinajstić information content (AvgIpc) is 3.18. The van der Waals surface area contributed by atoms with Crippen LogP contribution in [0.3, 0.4) is 0 Å². The Labute approximate surface area is 128 Å². The smallest absolute Gasteiger partial charge is 0.244 e. The van der Waals surface area contributed by atoms with Gasteiger partial charge in [0.05, 0.1) is 6.26 Å². The molecule has 2 aromatic heterocycles. The van der Waals surface area contributed by atoms with E-state index in [0.29, 0.717) is 12.3 Å². The first-order chi connectivity index (χ1) is 10.8. The van der Waals surface area contributed by atoms with Gasteiger partial charge >= 0.3 is 0 Å². The molecule has 3 rings (SSSR count). The lowest BCUT2D eigenvalue weighted by Crippen LogP contribution is -2.22. The molecule has 22 heavy (non-hydrogen) atoms. The van der Waals surface area contributed by atoms with Crippen molar-refractivity contribution >= 4 is 23.0 Å². The zero-order valence-electron chi connectivity index (χ0n) is 12.1. The molecule has 0 bridgehead atoms. The molecule has 0 aliphatic rings. The number of para-hydroxylation sites is 1. The summed E-state index contributed by atoms with van der Waals surface area (Å²) in [6.45, 7) is 0.609. The number of aryl methyl sites for hydroxylation is 1. The molecule has 0 radical (unpaired) electrons. The normalized spacial score (nSPS) is 11.3. The van der Waals surface area contributed by atoms with Gasteiger partial charge in [0.25, 0.3) is 0 Å². The van der Waals surface area contributed by atoms with Gasteiger partial charge in [0.1, 0.15) is 17.1 Å². The molecular weight excluding hydrogens is 278 g/mol. The van der Waals surface area contributed by atoms with E-state index in [1.807, 2.05) is 30.3 Å². The fraction of sp³-hybridized carbons (Fsp3) is 0.167. The predicted octanol–water partition coefficient (Wildman–Crippen LogP) is 3.79. The SMILES string of the molecule is O=C(C=Cc1ccco1)NCCCc1cc2ccccc2o1. The standard InChI is InChI=1S/C18H17NO3/c20-18(10-9-15-7-4-12-21-15)19-11-3-6-16-13-14-5-1-2-8-17(14)22-16/h1-2,4-5,7-10,12-13H,3,6,11H2,(H,19,20). The summed E-state index contributed by atoms with van der Waals surface area (Å²) < 4.78 is 10.8. The van der Waals surface area contributed by atoms with Crippen LogP contribution in [0.25, 0.3) is 17.0 Å². The number of hydrogen-bond acceptors (Lipinski definition) is 3. The van der Waals surface area contributed by atoms with Crippen molar-refractivity contribution in [1.82, 2.24) is 5.32 Å². The van der Waals surface area contributed by atoms with Gasteiger partial charge in [-0.1, -0.05) is 18.2 Å². The summed E-state index contributed by atoms with van der Waals surface area (Å²) in [4.78, 5) is 11.6. The van der Waals surface area contributed by atoms with Crippen molar-refractivity contribution in [3.63, 3.8) is 0 Å². The van der Waals surface area contributed by atoms with Crippen LogP contribution in [0, 0.1) is 0 Å². The van der Waals surface area contributed by atoms with E-state index in [4.69, 9.17) is 8.83 Å². The van der Waals surface area contributed by atoms with Crippen LogP contribution in [0.2, 0.25) is 0 Å². The molecule has 112 valence electrons. The average molecular weight is 295 g/mol. The second-order valence-electron chi connectivity index (χ2n) is 4.99. The molecule has 0 aliphatic heterocycles. The maximum absolute atomic E-state index is 11.6. The second-order valence-corrected chi connectivity index (χ2v) is 4.99. The Morgan fingerprint density at radius 3 is 2.91 bits per heavy atom. The van der Waals surface area contributed by atoms with E-state index in [0.717, 1.165) is 29.6 Å². The highest BCUT2D eigenvalue weighted by molar-refractivity contribution is 5.91. The van der Waals surface area contributed by atoms with Gasteiger partial charge < -0.3 is 14.2 Å². The number of carbonyl (C=O) groups is 1. The Morgan fingerprint density at radius 1 is 1.18 bits per heavy atom. The lowest BCUT2D eigenvalue weighted by Gasteiger charge is -2.00. The highest BCUT2D eigenvalue weighted by Crippen LogP contribution is 2.19. The van der Waals surface area contributed by atoms with Gasteiger partial charge in [-0.2, -0.15) is 0 Å². The fourth-order valence-electron chi connectivity index (χ4n) is 2.24. The van der Waals surface area contributed by atoms with E-state index in [9.17, 15) is 4.79 Å². The van der Waals surface area contributed by atoms with Crippen LogP contribution in [0.15, 0.2) is 63.6 Å². The lowest BCUT2D eigenvalue weighted by molar-refractivity contribution is -0.116.